The molecule has 162 valence electrons. The van der Waals surface area contributed by atoms with E-state index in [9.17, 15) is 15.0 Å². The molecule has 4 rings (SSSR count). The molecular weight excluding hydrogens is 352 g/mol. The van der Waals surface area contributed by atoms with Gasteiger partial charge in [-0.2, -0.15) is 0 Å². The lowest BCUT2D eigenvalue weighted by Crippen LogP contribution is -2.59. The molecule has 4 unspecified atom stereocenters. The molecule has 0 aromatic carbocycles. The van der Waals surface area contributed by atoms with Crippen molar-refractivity contribution in [3.63, 3.8) is 0 Å². The Bertz CT molecular complexity index is 661. The van der Waals surface area contributed by atoms with Crippen LogP contribution in [-0.4, -0.2) is 33.0 Å². The highest BCUT2D eigenvalue weighted by Crippen LogP contribution is 2.81. The van der Waals surface area contributed by atoms with Crippen LogP contribution in [-0.2, 0) is 9.53 Å². The van der Waals surface area contributed by atoms with Crippen LogP contribution in [0.4, 0.5) is 0 Å². The van der Waals surface area contributed by atoms with E-state index >= 15 is 0 Å². The molecule has 28 heavy (non-hydrogen) atoms. The average molecular weight is 395 g/mol. The van der Waals surface area contributed by atoms with Gasteiger partial charge < -0.3 is 14.9 Å². The second-order valence-corrected chi connectivity index (χ2v) is 12.6. The van der Waals surface area contributed by atoms with Crippen LogP contribution in [0.5, 0.6) is 0 Å². The first-order valence-electron chi connectivity index (χ1n) is 11.1. The van der Waals surface area contributed by atoms with E-state index in [2.05, 4.69) is 13.8 Å². The molecule has 4 saturated carbocycles. The summed E-state index contributed by atoms with van der Waals surface area (Å²) in [6, 6.07) is 0. The van der Waals surface area contributed by atoms with Gasteiger partial charge >= 0.3 is 5.97 Å². The van der Waals surface area contributed by atoms with Gasteiger partial charge in [0.05, 0.1) is 16.6 Å². The molecular formula is C24H42O4. The molecule has 0 heterocycles. The van der Waals surface area contributed by atoms with E-state index < -0.39 is 22.2 Å². The van der Waals surface area contributed by atoms with Gasteiger partial charge in [0.1, 0.15) is 5.60 Å². The topological polar surface area (TPSA) is 66.8 Å². The molecule has 0 radical (unpaired) electrons. The van der Waals surface area contributed by atoms with E-state index in [1.165, 1.54) is 0 Å². The van der Waals surface area contributed by atoms with Crippen LogP contribution < -0.4 is 0 Å². The van der Waals surface area contributed by atoms with Crippen molar-refractivity contribution < 1.29 is 19.7 Å². The second kappa shape index (κ2) is 5.75. The molecule has 4 nitrogen and oxygen atoms in total. The number of hydrogen-bond donors (Lipinski definition) is 2. The maximum atomic E-state index is 13.0. The first kappa shape index (κ1) is 22.1. The average Bonchev–Trinajstić information content (AvgIpc) is 2.89. The van der Waals surface area contributed by atoms with Gasteiger partial charge in [0, 0.05) is 16.2 Å². The summed E-state index contributed by atoms with van der Waals surface area (Å²) in [6.07, 6.45) is 5.21. The molecule has 0 spiro atoms. The maximum absolute atomic E-state index is 13.0. The van der Waals surface area contributed by atoms with Gasteiger partial charge in [-0.05, 0) is 99.8 Å². The summed E-state index contributed by atoms with van der Waals surface area (Å²) >= 11 is 0. The van der Waals surface area contributed by atoms with Crippen molar-refractivity contribution in [2.75, 3.05) is 0 Å². The third-order valence-corrected chi connectivity index (χ3v) is 9.62. The molecule has 0 saturated heterocycles. The van der Waals surface area contributed by atoms with E-state index in [4.69, 9.17) is 4.74 Å². The Morgan fingerprint density at radius 2 is 1.39 bits per heavy atom. The Morgan fingerprint density at radius 3 is 1.82 bits per heavy atom. The van der Waals surface area contributed by atoms with Gasteiger partial charge in [-0.1, -0.05) is 6.92 Å². The summed E-state index contributed by atoms with van der Waals surface area (Å²) in [7, 11) is 0. The fourth-order valence-corrected chi connectivity index (χ4v) is 6.94. The van der Waals surface area contributed by atoms with Gasteiger partial charge in [0.2, 0.25) is 0 Å². The third-order valence-electron chi connectivity index (χ3n) is 9.62. The summed E-state index contributed by atoms with van der Waals surface area (Å²) in [6.45, 7) is 17.7. The Labute approximate surface area is 171 Å². The van der Waals surface area contributed by atoms with Crippen LogP contribution in [0.25, 0.3) is 0 Å². The van der Waals surface area contributed by atoms with Crippen LogP contribution in [0, 0.1) is 27.6 Å². The zero-order valence-electron chi connectivity index (χ0n) is 19.5. The van der Waals surface area contributed by atoms with Gasteiger partial charge in [-0.25, -0.2) is 0 Å². The highest BCUT2D eigenvalue weighted by molar-refractivity contribution is 5.76. The van der Waals surface area contributed by atoms with Crippen molar-refractivity contribution in [3.05, 3.63) is 0 Å². The summed E-state index contributed by atoms with van der Waals surface area (Å²) in [5.74, 6) is 0.205. The Balaban J connectivity index is 2.04. The number of carbonyl (C=O) groups is 1. The number of aliphatic hydroxyl groups is 2. The zero-order chi connectivity index (χ0) is 21.6. The molecule has 2 N–H and O–H groups in total. The fraction of sp³-hybridized carbons (Fsp3) is 0.958. The van der Waals surface area contributed by atoms with Crippen molar-refractivity contribution in [3.8, 4) is 0 Å². The molecule has 0 aromatic rings. The van der Waals surface area contributed by atoms with Crippen molar-refractivity contribution in [1.29, 1.82) is 0 Å². The monoisotopic (exact) mass is 394 g/mol. The van der Waals surface area contributed by atoms with Crippen molar-refractivity contribution in [2.45, 2.75) is 118 Å². The summed E-state index contributed by atoms with van der Waals surface area (Å²) in [5.41, 5.74) is -3.48. The smallest absolute Gasteiger partial charge is 0.312 e. The summed E-state index contributed by atoms with van der Waals surface area (Å²) in [4.78, 5) is 13.0. The molecule has 4 aliphatic rings. The molecule has 4 heteroatoms. The number of esters is 1. The van der Waals surface area contributed by atoms with E-state index in [0.29, 0.717) is 5.92 Å². The van der Waals surface area contributed by atoms with Crippen molar-refractivity contribution in [2.24, 2.45) is 27.6 Å². The van der Waals surface area contributed by atoms with Crippen LogP contribution >= 0.6 is 0 Å². The van der Waals surface area contributed by atoms with Gasteiger partial charge in [-0.15, -0.1) is 0 Å². The van der Waals surface area contributed by atoms with E-state index in [1.807, 2.05) is 48.5 Å². The van der Waals surface area contributed by atoms with Crippen molar-refractivity contribution >= 4 is 5.97 Å². The minimum atomic E-state index is -0.826. The normalized spacial score (nSPS) is 38.2. The largest absolute Gasteiger partial charge is 0.459 e. The third kappa shape index (κ3) is 2.73. The fourth-order valence-electron chi connectivity index (χ4n) is 6.94. The lowest BCUT2D eigenvalue weighted by molar-refractivity contribution is -0.207. The van der Waals surface area contributed by atoms with Crippen molar-refractivity contribution in [1.82, 2.24) is 0 Å². The lowest BCUT2D eigenvalue weighted by Gasteiger charge is -2.58. The molecule has 4 bridgehead atoms. The minimum absolute atomic E-state index is 0.147. The number of carbonyl (C=O) groups excluding carboxylic acids is 1. The zero-order valence-corrected chi connectivity index (χ0v) is 19.5. The quantitative estimate of drug-likeness (QED) is 0.632. The second-order valence-electron chi connectivity index (χ2n) is 12.6. The lowest BCUT2D eigenvalue weighted by atomic mass is 9.49. The summed E-state index contributed by atoms with van der Waals surface area (Å²) in [5, 5.41) is 22.4. The van der Waals surface area contributed by atoms with E-state index in [1.54, 1.807) is 0 Å². The van der Waals surface area contributed by atoms with Crippen LogP contribution in [0.3, 0.4) is 0 Å². The molecule has 0 amide bonds. The predicted molar refractivity (Wildman–Crippen MR) is 111 cm³/mol. The summed E-state index contributed by atoms with van der Waals surface area (Å²) < 4.78 is 6.24. The standard InChI is InChI=1S/C24H42O4/c1-10-18(2,3)17(25)28-21(8,9)23-12-16-11-22(13-23,19(4,5)26)14-24(16,15-23)20(6,7)27/h16,26-27H,10-15H2,1-9H3. The molecule has 4 aliphatic carbocycles. The van der Waals surface area contributed by atoms with Crippen LogP contribution in [0.1, 0.15) is 101 Å². The maximum Gasteiger partial charge on any atom is 0.312 e. The minimum Gasteiger partial charge on any atom is -0.459 e. The molecule has 0 aliphatic heterocycles. The number of ether oxygens (including phenoxy) is 1. The van der Waals surface area contributed by atoms with Gasteiger partial charge in [0.25, 0.3) is 0 Å². The van der Waals surface area contributed by atoms with Gasteiger partial charge in [0.15, 0.2) is 0 Å². The highest BCUT2D eigenvalue weighted by atomic mass is 16.6. The number of hydrogen-bond acceptors (Lipinski definition) is 4. The first-order valence-corrected chi connectivity index (χ1v) is 11.1. The Morgan fingerprint density at radius 1 is 0.893 bits per heavy atom. The Kier molecular flexibility index (Phi) is 4.54. The number of rotatable bonds is 6. The SMILES string of the molecule is CCC(C)(C)C(=O)OC(C)(C)C12CC3CC(C(C)(C)O)(C1)CC3(C(C)(C)O)C2. The molecule has 0 aromatic heterocycles. The molecule has 4 atom stereocenters. The first-order chi connectivity index (χ1) is 12.4. The highest BCUT2D eigenvalue weighted by Gasteiger charge is 2.78. The van der Waals surface area contributed by atoms with Gasteiger partial charge in [-0.3, -0.25) is 4.79 Å². The van der Waals surface area contributed by atoms with Crippen LogP contribution in [0.15, 0.2) is 0 Å². The Hall–Kier alpha value is -0.610. The molecule has 4 fully saturated rings. The van der Waals surface area contributed by atoms with E-state index in [-0.39, 0.29) is 22.2 Å². The predicted octanol–water partition coefficient (Wildman–Crippen LogP) is 4.85. The van der Waals surface area contributed by atoms with E-state index in [0.717, 1.165) is 38.5 Å². The van der Waals surface area contributed by atoms with Crippen LogP contribution in [0.2, 0.25) is 0 Å².